The lowest BCUT2D eigenvalue weighted by atomic mass is 9.96. The lowest BCUT2D eigenvalue weighted by molar-refractivity contribution is 0.351. The van der Waals surface area contributed by atoms with Crippen molar-refractivity contribution in [2.24, 2.45) is 0 Å². The molecule has 0 aromatic heterocycles. The summed E-state index contributed by atoms with van der Waals surface area (Å²) >= 11 is 0. The molecule has 0 atom stereocenters. The number of unbranched alkanes of at least 4 members (excludes halogenated alkanes) is 3. The monoisotopic (exact) mass is 590 g/mol. The van der Waals surface area contributed by atoms with Crippen molar-refractivity contribution in [3.63, 3.8) is 0 Å². The van der Waals surface area contributed by atoms with Crippen LogP contribution in [0.5, 0.6) is 17.2 Å². The van der Waals surface area contributed by atoms with Crippen molar-refractivity contribution in [3.05, 3.63) is 89.0 Å². The predicted molar refractivity (Wildman–Crippen MR) is 173 cm³/mol. The highest BCUT2D eigenvalue weighted by Gasteiger charge is 2.15. The van der Waals surface area contributed by atoms with Gasteiger partial charge in [0.15, 0.2) is 11.5 Å². The first-order valence-electron chi connectivity index (χ1n) is 14.1. The van der Waals surface area contributed by atoms with Crippen molar-refractivity contribution < 1.29 is 14.2 Å². The summed E-state index contributed by atoms with van der Waals surface area (Å²) in [7, 11) is 5.13. The molecule has 0 aliphatic heterocycles. The van der Waals surface area contributed by atoms with Gasteiger partial charge in [0.25, 0.3) is 0 Å². The van der Waals surface area contributed by atoms with Crippen molar-refractivity contribution in [2.45, 2.75) is 51.4 Å². The summed E-state index contributed by atoms with van der Waals surface area (Å²) in [5.41, 5.74) is 5.25. The molecule has 5 nitrogen and oxygen atoms in total. The molecule has 3 rings (SSSR count). The molecule has 3 aromatic carbocycles. The first kappa shape index (κ1) is 35.6. The van der Waals surface area contributed by atoms with Crippen molar-refractivity contribution in [1.82, 2.24) is 10.6 Å². The summed E-state index contributed by atoms with van der Waals surface area (Å²) in [6, 6.07) is 23.2. The highest BCUT2D eigenvalue weighted by atomic mass is 35.5. The standard InChI is InChI=1S/C33H46N2O3.2ClH/c1-36-30-17-13-28(14-18-30)15-19-31-29(16-20-32(37-2)33(31)38-3)22-26-35-24-10-5-4-9-23-34-25-21-27-11-7-6-8-12-27;;/h6-8,11-14,16-18,20,34-35H,4-5,9-10,15,19,21-26H2,1-3H3;2*1H. The lowest BCUT2D eigenvalue weighted by Gasteiger charge is -2.17. The maximum atomic E-state index is 5.79. The number of hydrogen-bond donors (Lipinski definition) is 2. The average molecular weight is 592 g/mol. The van der Waals surface area contributed by atoms with Crippen LogP contribution in [0.4, 0.5) is 0 Å². The maximum absolute atomic E-state index is 5.79. The number of benzene rings is 3. The van der Waals surface area contributed by atoms with Gasteiger partial charge in [-0.3, -0.25) is 0 Å². The van der Waals surface area contributed by atoms with Crippen LogP contribution in [0, 0.1) is 0 Å². The van der Waals surface area contributed by atoms with E-state index >= 15 is 0 Å². The van der Waals surface area contributed by atoms with Gasteiger partial charge in [-0.25, -0.2) is 0 Å². The molecule has 2 N–H and O–H groups in total. The zero-order chi connectivity index (χ0) is 26.8. The molecule has 0 amide bonds. The number of nitrogens with one attached hydrogen (secondary N) is 2. The molecular formula is C33H48Cl2N2O3. The largest absolute Gasteiger partial charge is 0.497 e. The number of hydrogen-bond acceptors (Lipinski definition) is 5. The molecule has 222 valence electrons. The highest BCUT2D eigenvalue weighted by Crippen LogP contribution is 2.34. The van der Waals surface area contributed by atoms with Gasteiger partial charge in [0, 0.05) is 5.56 Å². The molecule has 0 spiro atoms. The molecule has 0 aliphatic carbocycles. The molecule has 0 saturated heterocycles. The Bertz CT molecular complexity index is 1050. The van der Waals surface area contributed by atoms with Gasteiger partial charge in [-0.05, 0) is 99.6 Å². The molecule has 0 saturated carbocycles. The van der Waals surface area contributed by atoms with Crippen LogP contribution in [-0.4, -0.2) is 47.5 Å². The van der Waals surface area contributed by atoms with Gasteiger partial charge in [0.05, 0.1) is 21.3 Å². The molecule has 0 fully saturated rings. The van der Waals surface area contributed by atoms with Gasteiger partial charge in [-0.2, -0.15) is 0 Å². The number of halogens is 2. The zero-order valence-electron chi connectivity index (χ0n) is 24.4. The molecule has 0 radical (unpaired) electrons. The number of aryl methyl sites for hydroxylation is 1. The van der Waals surface area contributed by atoms with Crippen molar-refractivity contribution >= 4 is 24.8 Å². The third kappa shape index (κ3) is 12.4. The zero-order valence-corrected chi connectivity index (χ0v) is 26.0. The molecule has 0 aliphatic rings. The van der Waals surface area contributed by atoms with Gasteiger partial charge in [-0.1, -0.05) is 61.4 Å². The third-order valence-electron chi connectivity index (χ3n) is 7.03. The van der Waals surface area contributed by atoms with E-state index in [1.54, 1.807) is 21.3 Å². The van der Waals surface area contributed by atoms with Crippen LogP contribution in [-0.2, 0) is 25.7 Å². The van der Waals surface area contributed by atoms with E-state index in [0.717, 1.165) is 69.1 Å². The molecular weight excluding hydrogens is 543 g/mol. The van der Waals surface area contributed by atoms with Crippen LogP contribution in [0.25, 0.3) is 0 Å². The van der Waals surface area contributed by atoms with Crippen LogP contribution in [0.1, 0.15) is 47.9 Å². The van der Waals surface area contributed by atoms with Crippen LogP contribution in [0.2, 0.25) is 0 Å². The summed E-state index contributed by atoms with van der Waals surface area (Å²) < 4.78 is 16.7. The molecule has 0 bridgehead atoms. The fraction of sp³-hybridized carbons (Fsp3) is 0.455. The quantitative estimate of drug-likeness (QED) is 0.149. The smallest absolute Gasteiger partial charge is 0.164 e. The molecule has 0 heterocycles. The van der Waals surface area contributed by atoms with Gasteiger partial charge >= 0.3 is 0 Å². The average Bonchev–Trinajstić information content (AvgIpc) is 2.97. The topological polar surface area (TPSA) is 51.8 Å². The second-order valence-corrected chi connectivity index (χ2v) is 9.69. The Morgan fingerprint density at radius 3 is 1.75 bits per heavy atom. The van der Waals surface area contributed by atoms with Gasteiger partial charge < -0.3 is 24.8 Å². The van der Waals surface area contributed by atoms with Gasteiger partial charge in [-0.15, -0.1) is 24.8 Å². The predicted octanol–water partition coefficient (Wildman–Crippen LogP) is 6.87. The lowest BCUT2D eigenvalue weighted by Crippen LogP contribution is -2.20. The Labute approximate surface area is 254 Å². The Kier molecular flexibility index (Phi) is 19.0. The minimum Gasteiger partial charge on any atom is -0.497 e. The molecule has 40 heavy (non-hydrogen) atoms. The Hall–Kier alpha value is -2.44. The second-order valence-electron chi connectivity index (χ2n) is 9.69. The fourth-order valence-electron chi connectivity index (χ4n) is 4.81. The van der Waals surface area contributed by atoms with E-state index in [4.69, 9.17) is 14.2 Å². The van der Waals surface area contributed by atoms with Gasteiger partial charge in [0.2, 0.25) is 0 Å². The van der Waals surface area contributed by atoms with E-state index in [9.17, 15) is 0 Å². The van der Waals surface area contributed by atoms with E-state index < -0.39 is 0 Å². The van der Waals surface area contributed by atoms with Crippen LogP contribution >= 0.6 is 24.8 Å². The van der Waals surface area contributed by atoms with E-state index in [-0.39, 0.29) is 24.8 Å². The maximum Gasteiger partial charge on any atom is 0.164 e. The number of ether oxygens (including phenoxy) is 3. The summed E-state index contributed by atoms with van der Waals surface area (Å²) in [5, 5.41) is 7.21. The number of rotatable bonds is 19. The first-order valence-corrected chi connectivity index (χ1v) is 14.1. The Balaban J connectivity index is 0.00000400. The molecule has 7 heteroatoms. The summed E-state index contributed by atoms with van der Waals surface area (Å²) in [4.78, 5) is 0. The van der Waals surface area contributed by atoms with Crippen LogP contribution in [0.15, 0.2) is 66.7 Å². The second kappa shape index (κ2) is 21.3. The minimum absolute atomic E-state index is 0. The fourth-order valence-corrected chi connectivity index (χ4v) is 4.81. The number of methoxy groups -OCH3 is 3. The third-order valence-corrected chi connectivity index (χ3v) is 7.03. The normalized spacial score (nSPS) is 10.4. The van der Waals surface area contributed by atoms with Crippen molar-refractivity contribution in [1.29, 1.82) is 0 Å². The van der Waals surface area contributed by atoms with Crippen molar-refractivity contribution in [3.8, 4) is 17.2 Å². The summed E-state index contributed by atoms with van der Waals surface area (Å²) in [5.74, 6) is 2.54. The summed E-state index contributed by atoms with van der Waals surface area (Å²) in [6.07, 6.45) is 8.95. The Morgan fingerprint density at radius 2 is 1.15 bits per heavy atom. The molecule has 0 unspecified atom stereocenters. The SMILES string of the molecule is COc1ccc(CCc2c(CCNCCCCCCNCCc3ccccc3)ccc(OC)c2OC)cc1.Cl.Cl. The van der Waals surface area contributed by atoms with Crippen LogP contribution < -0.4 is 24.8 Å². The molecule has 3 aromatic rings. The van der Waals surface area contributed by atoms with Crippen LogP contribution in [0.3, 0.4) is 0 Å². The van der Waals surface area contributed by atoms with E-state index in [2.05, 4.69) is 59.2 Å². The van der Waals surface area contributed by atoms with Crippen molar-refractivity contribution in [2.75, 3.05) is 47.5 Å². The Morgan fingerprint density at radius 1 is 0.525 bits per heavy atom. The van der Waals surface area contributed by atoms with E-state index in [1.807, 2.05) is 18.2 Å². The summed E-state index contributed by atoms with van der Waals surface area (Å²) in [6.45, 7) is 4.20. The first-order chi connectivity index (χ1) is 18.7. The minimum atomic E-state index is 0. The highest BCUT2D eigenvalue weighted by molar-refractivity contribution is 5.85. The van der Waals surface area contributed by atoms with E-state index in [0.29, 0.717) is 0 Å². The van der Waals surface area contributed by atoms with E-state index in [1.165, 1.54) is 47.9 Å². The van der Waals surface area contributed by atoms with Gasteiger partial charge in [0.1, 0.15) is 5.75 Å².